The van der Waals surface area contributed by atoms with Gasteiger partial charge >= 0.3 is 0 Å². The average molecular weight is 678 g/mol. The van der Waals surface area contributed by atoms with E-state index in [1.165, 1.54) is 24.3 Å². The number of amides is 1. The molecule has 2 saturated carbocycles. The molecule has 0 saturated heterocycles. The van der Waals surface area contributed by atoms with Crippen LogP contribution < -0.4 is 4.72 Å². The molecule has 0 bridgehead atoms. The molecule has 2 fully saturated rings. The summed E-state index contributed by atoms with van der Waals surface area (Å²) >= 11 is 0. The first-order valence-electron chi connectivity index (χ1n) is 17.1. The van der Waals surface area contributed by atoms with Gasteiger partial charge in [0.05, 0.1) is 17.1 Å². The highest BCUT2D eigenvalue weighted by Crippen LogP contribution is 2.49. The second kappa shape index (κ2) is 18.0. The maximum atomic E-state index is 14.1. The maximum absolute atomic E-state index is 14.1. The molecule has 3 aromatic rings. The largest absolute Gasteiger partial charge is 0.306 e. The van der Waals surface area contributed by atoms with E-state index in [2.05, 4.69) is 9.71 Å². The van der Waals surface area contributed by atoms with Crippen LogP contribution in [0.2, 0.25) is 0 Å². The summed E-state index contributed by atoms with van der Waals surface area (Å²) < 4.78 is 56.0. The summed E-state index contributed by atoms with van der Waals surface area (Å²) in [4.78, 5) is 20.4. The van der Waals surface area contributed by atoms with Crippen molar-refractivity contribution >= 4 is 15.9 Å². The molecule has 3 aliphatic carbocycles. The molecular formula is C39H49F2N3O3S. The zero-order valence-electron chi connectivity index (χ0n) is 29.1. The lowest BCUT2D eigenvalue weighted by Gasteiger charge is -2.25. The predicted molar refractivity (Wildman–Crippen MR) is 189 cm³/mol. The van der Waals surface area contributed by atoms with E-state index in [0.717, 1.165) is 41.1 Å². The second-order valence-electron chi connectivity index (χ2n) is 11.1. The van der Waals surface area contributed by atoms with Crippen LogP contribution in [0.3, 0.4) is 0 Å². The van der Waals surface area contributed by atoms with Crippen molar-refractivity contribution in [3.05, 3.63) is 131 Å². The first-order valence-corrected chi connectivity index (χ1v) is 18.5. The Bertz CT molecular complexity index is 1700. The van der Waals surface area contributed by atoms with Gasteiger partial charge in [0.1, 0.15) is 11.6 Å². The van der Waals surface area contributed by atoms with Gasteiger partial charge in [0, 0.05) is 29.3 Å². The van der Waals surface area contributed by atoms with Crippen LogP contribution in [0.25, 0.3) is 0 Å². The van der Waals surface area contributed by atoms with Crippen molar-refractivity contribution in [3.8, 4) is 0 Å². The van der Waals surface area contributed by atoms with Crippen LogP contribution >= 0.6 is 0 Å². The van der Waals surface area contributed by atoms with E-state index in [4.69, 9.17) is 0 Å². The van der Waals surface area contributed by atoms with Crippen molar-refractivity contribution in [2.45, 2.75) is 91.1 Å². The molecule has 1 amide bonds. The van der Waals surface area contributed by atoms with Crippen molar-refractivity contribution in [3.63, 3.8) is 0 Å². The molecule has 0 radical (unpaired) electrons. The van der Waals surface area contributed by atoms with Gasteiger partial charge in [0.25, 0.3) is 0 Å². The van der Waals surface area contributed by atoms with Crippen LogP contribution in [0.1, 0.15) is 83.7 Å². The van der Waals surface area contributed by atoms with E-state index in [9.17, 15) is 22.0 Å². The van der Waals surface area contributed by atoms with E-state index in [1.54, 1.807) is 17.0 Å². The third-order valence-electron chi connectivity index (χ3n) is 8.19. The number of nitrogens with zero attached hydrogens (tertiary/aromatic N) is 2. The van der Waals surface area contributed by atoms with Crippen molar-refractivity contribution in [1.29, 1.82) is 0 Å². The molecule has 1 N–H and O–H groups in total. The number of benzene rings is 2. The summed E-state index contributed by atoms with van der Waals surface area (Å²) in [6, 6.07) is 16.3. The molecule has 2 aromatic carbocycles. The van der Waals surface area contributed by atoms with Gasteiger partial charge < -0.3 is 4.90 Å². The van der Waals surface area contributed by atoms with Crippen LogP contribution in [0.4, 0.5) is 8.78 Å². The Kier molecular flexibility index (Phi) is 14.4. The van der Waals surface area contributed by atoms with Gasteiger partial charge in [-0.25, -0.2) is 21.9 Å². The van der Waals surface area contributed by atoms with Crippen LogP contribution in [0.5, 0.6) is 0 Å². The smallest absolute Gasteiger partial charge is 0.241 e. The molecule has 3 aliphatic rings. The van der Waals surface area contributed by atoms with E-state index in [-0.39, 0.29) is 40.9 Å². The molecule has 6 nitrogen and oxygen atoms in total. The number of hydrogen-bond acceptors (Lipinski definition) is 4. The van der Waals surface area contributed by atoms with Crippen molar-refractivity contribution in [2.24, 2.45) is 11.8 Å². The molecular weight excluding hydrogens is 629 g/mol. The Morgan fingerprint density at radius 3 is 2.15 bits per heavy atom. The minimum absolute atomic E-state index is 0.00391. The topological polar surface area (TPSA) is 79.4 Å². The molecule has 9 heteroatoms. The van der Waals surface area contributed by atoms with Crippen molar-refractivity contribution in [1.82, 2.24) is 14.6 Å². The molecule has 6 rings (SSSR count). The number of allylic oxidation sites excluding steroid dienone is 4. The van der Waals surface area contributed by atoms with Gasteiger partial charge in [-0.3, -0.25) is 9.78 Å². The lowest BCUT2D eigenvalue weighted by atomic mass is 10.0. The van der Waals surface area contributed by atoms with Gasteiger partial charge in [-0.05, 0) is 104 Å². The number of carbonyl (C=O) groups excluding carboxylic acids is 1. The number of aryl methyl sites for hydroxylation is 1. The molecule has 0 spiro atoms. The van der Waals surface area contributed by atoms with Crippen molar-refractivity contribution in [2.75, 3.05) is 0 Å². The van der Waals surface area contributed by atoms with E-state index in [0.29, 0.717) is 18.5 Å². The summed E-state index contributed by atoms with van der Waals surface area (Å²) in [7, 11) is -3.89. The third kappa shape index (κ3) is 9.57. The molecule has 258 valence electrons. The summed E-state index contributed by atoms with van der Waals surface area (Å²) in [5, 5.41) is 0. The van der Waals surface area contributed by atoms with E-state index < -0.39 is 21.9 Å². The zero-order chi connectivity index (χ0) is 35.4. The molecule has 4 unspecified atom stereocenters. The zero-order valence-corrected chi connectivity index (χ0v) is 29.9. The number of fused-ring (bicyclic) bond motifs is 1. The second-order valence-corrected chi connectivity index (χ2v) is 12.8. The third-order valence-corrected chi connectivity index (χ3v) is 9.68. The standard InChI is InChI=1S/C33H31F2N3O3S.3C2H6/c1-21-4-2-6-26(36-21)20-38(33(39)31-19-29(31)23-8-11-24(34)12-9-23)27-7-3-5-22-10-17-32(30(22)18-27)37-42(40,41)28-15-13-25(35)14-16-28;3*1-2/h2-9,11-16,18,22,29,31-32,37H,10,17,19-20H2,1H3;3*1-2H3. The quantitative estimate of drug-likeness (QED) is 0.258. The van der Waals surface area contributed by atoms with Gasteiger partial charge in [-0.1, -0.05) is 71.9 Å². The molecule has 1 heterocycles. The summed E-state index contributed by atoms with van der Waals surface area (Å²) in [6.07, 6.45) is 9.80. The highest BCUT2D eigenvalue weighted by Gasteiger charge is 2.46. The summed E-state index contributed by atoms with van der Waals surface area (Å²) in [5.41, 5.74) is 4.06. The minimum Gasteiger partial charge on any atom is -0.306 e. The van der Waals surface area contributed by atoms with Crippen LogP contribution in [0.15, 0.2) is 107 Å². The number of pyridine rings is 1. The first-order chi connectivity index (χ1) is 23.2. The molecule has 0 aliphatic heterocycles. The number of aromatic nitrogens is 1. The number of halogens is 2. The number of hydrogen-bond donors (Lipinski definition) is 1. The predicted octanol–water partition coefficient (Wildman–Crippen LogP) is 9.02. The fraction of sp³-hybridized carbons (Fsp3) is 0.385. The summed E-state index contributed by atoms with van der Waals surface area (Å²) in [6.45, 7) is 14.2. The van der Waals surface area contributed by atoms with Gasteiger partial charge in [0.15, 0.2) is 0 Å². The number of nitrogens with one attached hydrogen (secondary N) is 1. The van der Waals surface area contributed by atoms with Crippen LogP contribution in [0, 0.1) is 30.4 Å². The number of carbonyl (C=O) groups is 1. The molecule has 48 heavy (non-hydrogen) atoms. The normalized spacial score (nSPS) is 20.5. The van der Waals surface area contributed by atoms with E-state index in [1.807, 2.05) is 91.0 Å². The van der Waals surface area contributed by atoms with Crippen molar-refractivity contribution < 1.29 is 22.0 Å². The Morgan fingerprint density at radius 2 is 1.52 bits per heavy atom. The Balaban J connectivity index is 0.000000987. The Labute approximate surface area is 285 Å². The Morgan fingerprint density at radius 1 is 0.896 bits per heavy atom. The first kappa shape index (κ1) is 38.5. The monoisotopic (exact) mass is 677 g/mol. The van der Waals surface area contributed by atoms with Gasteiger partial charge in [0.2, 0.25) is 15.9 Å². The minimum atomic E-state index is -3.89. The lowest BCUT2D eigenvalue weighted by Crippen LogP contribution is -2.35. The fourth-order valence-electron chi connectivity index (χ4n) is 5.92. The highest BCUT2D eigenvalue weighted by atomic mass is 32.2. The van der Waals surface area contributed by atoms with Gasteiger partial charge in [-0.2, -0.15) is 0 Å². The highest BCUT2D eigenvalue weighted by molar-refractivity contribution is 7.89. The number of sulfonamides is 1. The summed E-state index contributed by atoms with van der Waals surface area (Å²) in [5.74, 6) is -1.10. The maximum Gasteiger partial charge on any atom is 0.241 e. The molecule has 1 aromatic heterocycles. The van der Waals surface area contributed by atoms with E-state index >= 15 is 0 Å². The van der Waals surface area contributed by atoms with Crippen LogP contribution in [-0.2, 0) is 21.4 Å². The lowest BCUT2D eigenvalue weighted by molar-refractivity contribution is -0.131. The van der Waals surface area contributed by atoms with Gasteiger partial charge in [-0.15, -0.1) is 0 Å². The molecule has 4 atom stereocenters. The SMILES string of the molecule is CC.CC.CC.Cc1cccc(CN(C(=O)C2CC2c2ccc(F)cc2)C2=CC=CC3CCC(NS(=O)(=O)c4ccc(F)cc4)C3=C2)n1. The number of rotatable bonds is 8. The Hall–Kier alpha value is -3.95. The average Bonchev–Trinajstić information content (AvgIpc) is 3.86. The van der Waals surface area contributed by atoms with Crippen LogP contribution in [-0.4, -0.2) is 30.3 Å². The fourth-order valence-corrected chi connectivity index (χ4v) is 7.18.